The minimum absolute atomic E-state index is 0.661. The van der Waals surface area contributed by atoms with Crippen LogP contribution in [0.1, 0.15) is 5.69 Å². The maximum absolute atomic E-state index is 4.27. The Morgan fingerprint density at radius 1 is 1.36 bits per heavy atom. The molecule has 1 aliphatic rings. The van der Waals surface area contributed by atoms with E-state index < -0.39 is 0 Å². The summed E-state index contributed by atoms with van der Waals surface area (Å²) in [6.07, 6.45) is 0. The van der Waals surface area contributed by atoms with Gasteiger partial charge in [0.2, 0.25) is 0 Å². The SMILES string of the molecule is c1nc(CNC2CSCCSC2)cs1. The number of aromatic nitrogens is 1. The second-order valence-electron chi connectivity index (χ2n) is 3.21. The van der Waals surface area contributed by atoms with E-state index in [2.05, 4.69) is 39.2 Å². The van der Waals surface area contributed by atoms with Crippen LogP contribution in [0.5, 0.6) is 0 Å². The molecule has 2 heterocycles. The first kappa shape index (κ1) is 10.8. The molecule has 1 saturated heterocycles. The fourth-order valence-corrected chi connectivity index (χ4v) is 4.33. The van der Waals surface area contributed by atoms with Crippen LogP contribution in [0.25, 0.3) is 0 Å². The Morgan fingerprint density at radius 2 is 2.14 bits per heavy atom. The van der Waals surface area contributed by atoms with Gasteiger partial charge in [-0.1, -0.05) is 0 Å². The van der Waals surface area contributed by atoms with E-state index in [9.17, 15) is 0 Å². The van der Waals surface area contributed by atoms with Gasteiger partial charge in [-0.3, -0.25) is 0 Å². The highest BCUT2D eigenvalue weighted by atomic mass is 32.2. The maximum atomic E-state index is 4.27. The first-order chi connectivity index (χ1) is 6.95. The predicted molar refractivity (Wildman–Crippen MR) is 67.4 cm³/mol. The molecule has 0 unspecified atom stereocenters. The van der Waals surface area contributed by atoms with E-state index >= 15 is 0 Å². The summed E-state index contributed by atoms with van der Waals surface area (Å²) in [4.78, 5) is 4.27. The van der Waals surface area contributed by atoms with E-state index in [4.69, 9.17) is 0 Å². The largest absolute Gasteiger partial charge is 0.307 e. The van der Waals surface area contributed by atoms with Gasteiger partial charge in [0, 0.05) is 41.0 Å². The van der Waals surface area contributed by atoms with Gasteiger partial charge in [0.1, 0.15) is 0 Å². The van der Waals surface area contributed by atoms with Gasteiger partial charge >= 0.3 is 0 Å². The third kappa shape index (κ3) is 3.46. The molecule has 0 aliphatic carbocycles. The minimum atomic E-state index is 0.661. The topological polar surface area (TPSA) is 24.9 Å². The zero-order valence-corrected chi connectivity index (χ0v) is 10.4. The summed E-state index contributed by atoms with van der Waals surface area (Å²) in [5, 5.41) is 5.68. The van der Waals surface area contributed by atoms with Gasteiger partial charge in [-0.2, -0.15) is 23.5 Å². The number of rotatable bonds is 3. The molecule has 78 valence electrons. The van der Waals surface area contributed by atoms with Crippen LogP contribution >= 0.6 is 34.9 Å². The minimum Gasteiger partial charge on any atom is -0.307 e. The van der Waals surface area contributed by atoms with Crippen molar-refractivity contribution in [3.05, 3.63) is 16.6 Å². The third-order valence-electron chi connectivity index (χ3n) is 2.07. The van der Waals surface area contributed by atoms with E-state index in [1.165, 1.54) is 28.7 Å². The van der Waals surface area contributed by atoms with Crippen molar-refractivity contribution in [3.8, 4) is 0 Å². The van der Waals surface area contributed by atoms with Gasteiger partial charge < -0.3 is 5.32 Å². The molecular weight excluding hydrogens is 232 g/mol. The fraction of sp³-hybridized carbons (Fsp3) is 0.667. The van der Waals surface area contributed by atoms with Crippen molar-refractivity contribution >= 4 is 34.9 Å². The molecule has 0 atom stereocenters. The van der Waals surface area contributed by atoms with Crippen LogP contribution in [0.3, 0.4) is 0 Å². The summed E-state index contributed by atoms with van der Waals surface area (Å²) < 4.78 is 0. The van der Waals surface area contributed by atoms with Crippen LogP contribution in [-0.4, -0.2) is 34.0 Å². The Morgan fingerprint density at radius 3 is 2.79 bits per heavy atom. The van der Waals surface area contributed by atoms with Crippen molar-refractivity contribution in [2.24, 2.45) is 0 Å². The number of thioether (sulfide) groups is 2. The highest BCUT2D eigenvalue weighted by Gasteiger charge is 2.11. The Bertz CT molecular complexity index is 243. The third-order valence-corrected chi connectivity index (χ3v) is 5.22. The van der Waals surface area contributed by atoms with Crippen LogP contribution in [-0.2, 0) is 6.54 Å². The summed E-state index contributed by atoms with van der Waals surface area (Å²) in [6.45, 7) is 0.926. The van der Waals surface area contributed by atoms with Crippen LogP contribution < -0.4 is 5.32 Å². The number of hydrogen-bond donors (Lipinski definition) is 1. The molecule has 1 aromatic heterocycles. The van der Waals surface area contributed by atoms with Crippen molar-refractivity contribution in [2.45, 2.75) is 12.6 Å². The van der Waals surface area contributed by atoms with E-state index in [1.807, 2.05) is 5.51 Å². The zero-order valence-electron chi connectivity index (χ0n) is 7.94. The molecule has 1 aliphatic heterocycles. The van der Waals surface area contributed by atoms with Gasteiger partial charge in [-0.25, -0.2) is 4.98 Å². The van der Waals surface area contributed by atoms with Gasteiger partial charge in [0.05, 0.1) is 11.2 Å². The first-order valence-electron chi connectivity index (χ1n) is 4.71. The molecule has 0 saturated carbocycles. The molecular formula is C9H14N2S3. The van der Waals surface area contributed by atoms with E-state index in [0.29, 0.717) is 6.04 Å². The Kier molecular flexibility index (Phi) is 4.63. The smallest absolute Gasteiger partial charge is 0.0795 e. The summed E-state index contributed by atoms with van der Waals surface area (Å²) in [5.74, 6) is 5.10. The lowest BCUT2D eigenvalue weighted by Gasteiger charge is -2.13. The molecule has 14 heavy (non-hydrogen) atoms. The lowest BCUT2D eigenvalue weighted by Crippen LogP contribution is -2.32. The van der Waals surface area contributed by atoms with Crippen molar-refractivity contribution in [1.29, 1.82) is 0 Å². The Balaban J connectivity index is 1.73. The second-order valence-corrected chi connectivity index (χ2v) is 6.23. The maximum Gasteiger partial charge on any atom is 0.0795 e. The molecule has 0 amide bonds. The van der Waals surface area contributed by atoms with E-state index in [0.717, 1.165) is 6.54 Å². The number of hydrogen-bond acceptors (Lipinski definition) is 5. The molecule has 2 rings (SSSR count). The summed E-state index contributed by atoms with van der Waals surface area (Å²) >= 11 is 5.79. The van der Waals surface area contributed by atoms with Crippen LogP contribution in [0, 0.1) is 0 Å². The predicted octanol–water partition coefficient (Wildman–Crippen LogP) is 2.08. The molecule has 5 heteroatoms. The molecule has 1 N–H and O–H groups in total. The van der Waals surface area contributed by atoms with Gasteiger partial charge in [0.15, 0.2) is 0 Å². The normalized spacial score (nSPS) is 19.4. The second kappa shape index (κ2) is 6.00. The van der Waals surface area contributed by atoms with Crippen molar-refractivity contribution in [2.75, 3.05) is 23.0 Å². The molecule has 0 bridgehead atoms. The van der Waals surface area contributed by atoms with Gasteiger partial charge in [-0.05, 0) is 0 Å². The average molecular weight is 246 g/mol. The van der Waals surface area contributed by atoms with Crippen molar-refractivity contribution in [1.82, 2.24) is 10.3 Å². The van der Waals surface area contributed by atoms with Gasteiger partial charge in [0.25, 0.3) is 0 Å². The quantitative estimate of drug-likeness (QED) is 0.883. The summed E-state index contributed by atoms with van der Waals surface area (Å²) in [6, 6.07) is 0.661. The van der Waals surface area contributed by atoms with E-state index in [-0.39, 0.29) is 0 Å². The standard InChI is InChI=1S/C9H14N2S3/c1-2-13-6-9(5-12-1)10-3-8-4-14-7-11-8/h4,7,9-10H,1-3,5-6H2. The lowest BCUT2D eigenvalue weighted by molar-refractivity contribution is 0.597. The monoisotopic (exact) mass is 246 g/mol. The van der Waals surface area contributed by atoms with Crippen molar-refractivity contribution in [3.63, 3.8) is 0 Å². The highest BCUT2D eigenvalue weighted by Crippen LogP contribution is 2.16. The molecule has 0 aromatic carbocycles. The number of thiazole rings is 1. The lowest BCUT2D eigenvalue weighted by atomic mass is 10.3. The summed E-state index contributed by atoms with van der Waals surface area (Å²) in [7, 11) is 0. The molecule has 1 aromatic rings. The zero-order chi connectivity index (χ0) is 9.64. The average Bonchev–Trinajstić information content (AvgIpc) is 2.58. The molecule has 0 radical (unpaired) electrons. The van der Waals surface area contributed by atoms with E-state index in [1.54, 1.807) is 11.3 Å². The van der Waals surface area contributed by atoms with Crippen LogP contribution in [0.2, 0.25) is 0 Å². The Labute approximate surface area is 97.3 Å². The molecule has 2 nitrogen and oxygen atoms in total. The van der Waals surface area contributed by atoms with Gasteiger partial charge in [-0.15, -0.1) is 11.3 Å². The van der Waals surface area contributed by atoms with Crippen LogP contribution in [0.15, 0.2) is 10.9 Å². The Hall–Kier alpha value is 0.290. The molecule has 0 spiro atoms. The number of nitrogens with zero attached hydrogens (tertiary/aromatic N) is 1. The van der Waals surface area contributed by atoms with Crippen molar-refractivity contribution < 1.29 is 0 Å². The highest BCUT2D eigenvalue weighted by molar-refractivity contribution is 8.03. The fourth-order valence-electron chi connectivity index (χ4n) is 1.31. The number of nitrogens with one attached hydrogen (secondary N) is 1. The first-order valence-corrected chi connectivity index (χ1v) is 7.96. The molecule has 1 fully saturated rings. The summed E-state index contributed by atoms with van der Waals surface area (Å²) in [5.41, 5.74) is 3.07. The van der Waals surface area contributed by atoms with Crippen LogP contribution in [0.4, 0.5) is 0 Å².